The summed E-state index contributed by atoms with van der Waals surface area (Å²) >= 11 is 0. The van der Waals surface area contributed by atoms with Crippen LogP contribution in [0.1, 0.15) is 19.3 Å². The number of ether oxygens (including phenoxy) is 4. The highest BCUT2D eigenvalue weighted by molar-refractivity contribution is 5.92. The molecule has 162 valence electrons. The van der Waals surface area contributed by atoms with Crippen LogP contribution >= 0.6 is 0 Å². The van der Waals surface area contributed by atoms with Gasteiger partial charge in [0.2, 0.25) is 5.91 Å². The van der Waals surface area contributed by atoms with E-state index < -0.39 is 6.61 Å². The Hall–Kier alpha value is -2.71. The van der Waals surface area contributed by atoms with Gasteiger partial charge in [0, 0.05) is 17.9 Å². The molecule has 1 fully saturated rings. The van der Waals surface area contributed by atoms with Crippen molar-refractivity contribution < 1.29 is 32.5 Å². The van der Waals surface area contributed by atoms with Gasteiger partial charge in [-0.2, -0.15) is 8.78 Å². The zero-order valence-corrected chi connectivity index (χ0v) is 16.7. The van der Waals surface area contributed by atoms with Crippen LogP contribution < -0.4 is 14.8 Å². The van der Waals surface area contributed by atoms with Crippen molar-refractivity contribution in [1.82, 2.24) is 0 Å². The molecule has 1 atom stereocenters. The first kappa shape index (κ1) is 22.0. The van der Waals surface area contributed by atoms with Crippen LogP contribution in [0.15, 0.2) is 42.5 Å². The molecule has 1 unspecified atom stereocenters. The van der Waals surface area contributed by atoms with E-state index in [9.17, 15) is 13.6 Å². The number of carbonyl (C=O) groups excluding carboxylic acids is 1. The molecule has 3 rings (SSSR count). The van der Waals surface area contributed by atoms with Crippen LogP contribution in [0.25, 0.3) is 11.1 Å². The van der Waals surface area contributed by atoms with Crippen molar-refractivity contribution in [3.63, 3.8) is 0 Å². The number of hydrogen-bond acceptors (Lipinski definition) is 5. The number of benzene rings is 2. The smallest absolute Gasteiger partial charge is 0.387 e. The average Bonchev–Trinajstić information content (AvgIpc) is 3.26. The third-order valence-electron chi connectivity index (χ3n) is 4.68. The number of alkyl halides is 2. The first-order chi connectivity index (χ1) is 14.5. The number of anilines is 1. The Kier molecular flexibility index (Phi) is 7.98. The predicted octanol–water partition coefficient (Wildman–Crippen LogP) is 4.49. The van der Waals surface area contributed by atoms with Crippen LogP contribution in [0.3, 0.4) is 0 Å². The summed E-state index contributed by atoms with van der Waals surface area (Å²) in [7, 11) is 1.54. The Labute approximate surface area is 174 Å². The van der Waals surface area contributed by atoms with Gasteiger partial charge in [0.05, 0.1) is 32.8 Å². The van der Waals surface area contributed by atoms with Crippen LogP contribution in [0.5, 0.6) is 11.5 Å². The van der Waals surface area contributed by atoms with E-state index in [0.29, 0.717) is 29.2 Å². The molecule has 1 aliphatic heterocycles. The molecule has 0 saturated carbocycles. The lowest BCUT2D eigenvalue weighted by atomic mass is 10.0. The fourth-order valence-corrected chi connectivity index (χ4v) is 3.18. The molecule has 0 aliphatic carbocycles. The third-order valence-corrected chi connectivity index (χ3v) is 4.68. The summed E-state index contributed by atoms with van der Waals surface area (Å²) < 4.78 is 46.3. The van der Waals surface area contributed by atoms with Crippen molar-refractivity contribution in [2.75, 3.05) is 32.2 Å². The Balaban J connectivity index is 1.63. The number of hydrogen-bond donors (Lipinski definition) is 1. The number of amides is 1. The Morgan fingerprint density at radius 2 is 2.03 bits per heavy atom. The molecule has 30 heavy (non-hydrogen) atoms. The molecule has 1 saturated heterocycles. The van der Waals surface area contributed by atoms with Gasteiger partial charge in [0.15, 0.2) is 0 Å². The van der Waals surface area contributed by atoms with Crippen molar-refractivity contribution in [3.05, 3.63) is 42.5 Å². The molecule has 0 radical (unpaired) electrons. The molecule has 2 aromatic rings. The predicted molar refractivity (Wildman–Crippen MR) is 108 cm³/mol. The minimum atomic E-state index is -2.96. The van der Waals surface area contributed by atoms with Crippen LogP contribution in [0.2, 0.25) is 0 Å². The largest absolute Gasteiger partial charge is 0.497 e. The van der Waals surface area contributed by atoms with E-state index in [2.05, 4.69) is 10.1 Å². The Morgan fingerprint density at radius 1 is 1.23 bits per heavy atom. The maximum Gasteiger partial charge on any atom is 0.387 e. The number of nitrogens with one attached hydrogen (secondary N) is 1. The molecule has 1 aliphatic rings. The number of carbonyl (C=O) groups is 1. The topological polar surface area (TPSA) is 66.0 Å². The number of rotatable bonds is 10. The van der Waals surface area contributed by atoms with E-state index in [1.165, 1.54) is 12.1 Å². The summed E-state index contributed by atoms with van der Waals surface area (Å²) in [5, 5.41) is 2.77. The van der Waals surface area contributed by atoms with Crippen molar-refractivity contribution in [3.8, 4) is 22.6 Å². The lowest BCUT2D eigenvalue weighted by Crippen LogP contribution is -2.18. The molecule has 1 heterocycles. The molecule has 8 heteroatoms. The molecule has 0 bridgehead atoms. The lowest BCUT2D eigenvalue weighted by molar-refractivity contribution is -0.117. The highest BCUT2D eigenvalue weighted by Gasteiger charge is 2.16. The van der Waals surface area contributed by atoms with E-state index in [1.54, 1.807) is 37.4 Å². The van der Waals surface area contributed by atoms with Gasteiger partial charge in [-0.05, 0) is 48.7 Å². The minimum absolute atomic E-state index is 0.0214. The zero-order valence-electron chi connectivity index (χ0n) is 16.7. The minimum Gasteiger partial charge on any atom is -0.497 e. The Morgan fingerprint density at radius 3 is 2.70 bits per heavy atom. The fourth-order valence-electron chi connectivity index (χ4n) is 3.18. The van der Waals surface area contributed by atoms with E-state index in [1.807, 2.05) is 0 Å². The van der Waals surface area contributed by atoms with Gasteiger partial charge in [-0.1, -0.05) is 12.1 Å². The highest BCUT2D eigenvalue weighted by Crippen LogP contribution is 2.34. The van der Waals surface area contributed by atoms with Gasteiger partial charge in [-0.25, -0.2) is 0 Å². The van der Waals surface area contributed by atoms with Gasteiger partial charge in [-0.3, -0.25) is 4.79 Å². The first-order valence-electron chi connectivity index (χ1n) is 9.77. The second-order valence-corrected chi connectivity index (χ2v) is 6.83. The molecule has 0 aromatic heterocycles. The highest BCUT2D eigenvalue weighted by atomic mass is 19.3. The molecular formula is C22H25F2NO5. The summed E-state index contributed by atoms with van der Waals surface area (Å²) in [6.45, 7) is -1.43. The monoisotopic (exact) mass is 421 g/mol. The standard InChI is InChI=1S/C22H25F2NO5/c1-27-17-7-4-15(5-8-17)19-13-16(6-9-20(19)30-22(23)24)25-21(26)10-12-28-14-18-3-2-11-29-18/h4-9,13,18,22H,2-3,10-12,14H2,1H3,(H,25,26). The second-order valence-electron chi connectivity index (χ2n) is 6.83. The normalized spacial score (nSPS) is 15.9. The Bertz CT molecular complexity index is 823. The van der Waals surface area contributed by atoms with E-state index in [4.69, 9.17) is 14.2 Å². The second kappa shape index (κ2) is 10.9. The summed E-state index contributed by atoms with van der Waals surface area (Å²) in [6, 6.07) is 11.4. The van der Waals surface area contributed by atoms with Gasteiger partial charge >= 0.3 is 6.61 Å². The van der Waals surface area contributed by atoms with E-state index in [0.717, 1.165) is 19.4 Å². The quantitative estimate of drug-likeness (QED) is 0.573. The van der Waals surface area contributed by atoms with Crippen LogP contribution in [-0.4, -0.2) is 45.6 Å². The molecule has 6 nitrogen and oxygen atoms in total. The van der Waals surface area contributed by atoms with Crippen LogP contribution in [0, 0.1) is 0 Å². The zero-order chi connectivity index (χ0) is 21.3. The summed E-state index contributed by atoms with van der Waals surface area (Å²) in [5.41, 5.74) is 1.57. The van der Waals surface area contributed by atoms with Crippen molar-refractivity contribution >= 4 is 11.6 Å². The molecule has 2 aromatic carbocycles. The SMILES string of the molecule is COc1ccc(-c2cc(NC(=O)CCOCC3CCCO3)ccc2OC(F)F)cc1. The molecule has 1 amide bonds. The summed E-state index contributed by atoms with van der Waals surface area (Å²) in [5.74, 6) is 0.432. The van der Waals surface area contributed by atoms with Crippen LogP contribution in [-0.2, 0) is 14.3 Å². The van der Waals surface area contributed by atoms with E-state index in [-0.39, 0.29) is 30.8 Å². The molecular weight excluding hydrogens is 396 g/mol. The first-order valence-corrected chi connectivity index (χ1v) is 9.77. The van der Waals surface area contributed by atoms with Gasteiger partial charge in [0.25, 0.3) is 0 Å². The number of halogens is 2. The third kappa shape index (κ3) is 6.40. The maximum atomic E-state index is 12.8. The fraction of sp³-hybridized carbons (Fsp3) is 0.409. The lowest BCUT2D eigenvalue weighted by Gasteiger charge is -2.14. The van der Waals surface area contributed by atoms with Gasteiger partial charge < -0.3 is 24.3 Å². The molecule has 1 N–H and O–H groups in total. The average molecular weight is 421 g/mol. The molecule has 0 spiro atoms. The van der Waals surface area contributed by atoms with E-state index >= 15 is 0 Å². The maximum absolute atomic E-state index is 12.8. The van der Waals surface area contributed by atoms with Crippen molar-refractivity contribution in [2.45, 2.75) is 32.0 Å². The van der Waals surface area contributed by atoms with Gasteiger partial charge in [0.1, 0.15) is 11.5 Å². The summed E-state index contributed by atoms with van der Waals surface area (Å²) in [6.07, 6.45) is 2.31. The number of methoxy groups -OCH3 is 1. The van der Waals surface area contributed by atoms with Gasteiger partial charge in [-0.15, -0.1) is 0 Å². The van der Waals surface area contributed by atoms with Crippen LogP contribution in [0.4, 0.5) is 14.5 Å². The van der Waals surface area contributed by atoms with Crippen molar-refractivity contribution in [1.29, 1.82) is 0 Å². The summed E-state index contributed by atoms with van der Waals surface area (Å²) in [4.78, 5) is 12.2. The van der Waals surface area contributed by atoms with Crippen molar-refractivity contribution in [2.24, 2.45) is 0 Å².